The zero-order valence-corrected chi connectivity index (χ0v) is 8.28. The van der Waals surface area contributed by atoms with Gasteiger partial charge in [0.25, 0.3) is 0 Å². The van der Waals surface area contributed by atoms with Gasteiger partial charge in [-0.3, -0.25) is 0 Å². The van der Waals surface area contributed by atoms with E-state index in [-0.39, 0.29) is 0 Å². The van der Waals surface area contributed by atoms with Crippen molar-refractivity contribution in [3.05, 3.63) is 23.2 Å². The van der Waals surface area contributed by atoms with E-state index in [1.54, 1.807) is 13.2 Å². The maximum Gasteiger partial charge on any atom is 0.132 e. The Hall–Kier alpha value is -0.380. The van der Waals surface area contributed by atoms with Crippen LogP contribution < -0.4 is 10.5 Å². The minimum atomic E-state index is 0.525. The summed E-state index contributed by atoms with van der Waals surface area (Å²) in [6, 6.07) is 5.47. The highest BCUT2D eigenvalue weighted by Crippen LogP contribution is 2.30. The summed E-state index contributed by atoms with van der Waals surface area (Å²) in [6.45, 7) is 0. The Bertz CT molecular complexity index is 267. The summed E-state index contributed by atoms with van der Waals surface area (Å²) in [5, 5.41) is 0.701. The fourth-order valence-corrected chi connectivity index (χ4v) is 1.77. The third kappa shape index (κ3) is 2.30. The van der Waals surface area contributed by atoms with Gasteiger partial charge in [-0.25, -0.2) is 0 Å². The lowest BCUT2D eigenvalue weighted by atomic mass is 10.3. The van der Waals surface area contributed by atoms with Crippen molar-refractivity contribution in [2.75, 3.05) is 13.0 Å². The van der Waals surface area contributed by atoms with Crippen molar-refractivity contribution >= 4 is 23.4 Å². The lowest BCUT2D eigenvalue weighted by Crippen LogP contribution is -1.93. The monoisotopic (exact) mass is 203 g/mol. The maximum atomic E-state index is 5.80. The Morgan fingerprint density at radius 3 is 2.92 bits per heavy atom. The minimum absolute atomic E-state index is 0.525. The van der Waals surface area contributed by atoms with Gasteiger partial charge in [0.2, 0.25) is 0 Å². The first-order chi connectivity index (χ1) is 5.77. The molecule has 2 N–H and O–H groups in total. The Balaban J connectivity index is 2.95. The zero-order chi connectivity index (χ0) is 8.97. The van der Waals surface area contributed by atoms with E-state index in [4.69, 9.17) is 22.1 Å². The fraction of sp³-hybridized carbons (Fsp3) is 0.250. The fourth-order valence-electron chi connectivity index (χ4n) is 0.853. The first-order valence-electron chi connectivity index (χ1n) is 3.44. The molecule has 4 heteroatoms. The molecule has 0 radical (unpaired) electrons. The third-order valence-corrected chi connectivity index (χ3v) is 2.40. The summed E-state index contributed by atoms with van der Waals surface area (Å²) < 4.78 is 5.12. The summed E-state index contributed by atoms with van der Waals surface area (Å²) in [6.07, 6.45) is 0. The van der Waals surface area contributed by atoms with Crippen LogP contribution in [-0.4, -0.2) is 13.0 Å². The summed E-state index contributed by atoms with van der Waals surface area (Å²) in [4.78, 5) is 0.979. The van der Waals surface area contributed by atoms with Gasteiger partial charge in [-0.15, -0.1) is 11.8 Å². The molecular formula is C8H10ClNOS. The molecule has 0 atom stereocenters. The Kier molecular flexibility index (Phi) is 3.72. The summed E-state index contributed by atoms with van der Waals surface area (Å²) in [5.41, 5.74) is 5.40. The molecule has 0 saturated carbocycles. The van der Waals surface area contributed by atoms with Gasteiger partial charge in [-0.05, 0) is 18.2 Å². The second kappa shape index (κ2) is 4.60. The molecule has 0 amide bonds. The molecule has 12 heavy (non-hydrogen) atoms. The number of rotatable bonds is 3. The summed E-state index contributed by atoms with van der Waals surface area (Å²) in [7, 11) is 1.63. The summed E-state index contributed by atoms with van der Waals surface area (Å²) in [5.74, 6) is 1.34. The van der Waals surface area contributed by atoms with Crippen LogP contribution in [0.25, 0.3) is 0 Å². The van der Waals surface area contributed by atoms with Gasteiger partial charge in [0.1, 0.15) is 5.75 Å². The topological polar surface area (TPSA) is 35.2 Å². The van der Waals surface area contributed by atoms with Gasteiger partial charge in [0.15, 0.2) is 0 Å². The van der Waals surface area contributed by atoms with Crippen LogP contribution in [0.15, 0.2) is 23.1 Å². The highest BCUT2D eigenvalue weighted by Gasteiger charge is 2.02. The second-order valence-corrected chi connectivity index (χ2v) is 3.60. The van der Waals surface area contributed by atoms with Crippen molar-refractivity contribution in [2.24, 2.45) is 5.73 Å². The smallest absolute Gasteiger partial charge is 0.132 e. The van der Waals surface area contributed by atoms with Gasteiger partial charge in [-0.2, -0.15) is 0 Å². The molecule has 0 spiro atoms. The molecule has 1 rings (SSSR count). The number of benzene rings is 1. The molecule has 0 aliphatic carbocycles. The Morgan fingerprint density at radius 1 is 1.58 bits per heavy atom. The van der Waals surface area contributed by atoms with Crippen molar-refractivity contribution in [3.8, 4) is 5.75 Å². The van der Waals surface area contributed by atoms with Crippen LogP contribution in [0.4, 0.5) is 0 Å². The molecule has 0 aliphatic heterocycles. The van der Waals surface area contributed by atoms with Crippen molar-refractivity contribution in [2.45, 2.75) is 4.90 Å². The van der Waals surface area contributed by atoms with E-state index in [1.165, 1.54) is 11.8 Å². The largest absolute Gasteiger partial charge is 0.496 e. The number of hydrogen-bond acceptors (Lipinski definition) is 3. The number of nitrogens with two attached hydrogens (primary N) is 1. The molecule has 0 bridgehead atoms. The highest BCUT2D eigenvalue weighted by atomic mass is 35.5. The minimum Gasteiger partial charge on any atom is -0.496 e. The van der Waals surface area contributed by atoms with E-state index in [1.807, 2.05) is 12.1 Å². The van der Waals surface area contributed by atoms with Crippen LogP contribution in [0.1, 0.15) is 0 Å². The Labute approximate surface area is 81.0 Å². The number of methoxy groups -OCH3 is 1. The molecule has 2 nitrogen and oxygen atoms in total. The van der Waals surface area contributed by atoms with Gasteiger partial charge in [-0.1, -0.05) is 11.6 Å². The molecular weight excluding hydrogens is 194 g/mol. The van der Waals surface area contributed by atoms with Crippen LogP contribution in [0.3, 0.4) is 0 Å². The van der Waals surface area contributed by atoms with E-state index in [0.717, 1.165) is 10.6 Å². The normalized spacial score (nSPS) is 9.92. The van der Waals surface area contributed by atoms with Crippen LogP contribution in [0.2, 0.25) is 5.02 Å². The van der Waals surface area contributed by atoms with E-state index < -0.39 is 0 Å². The number of thioether (sulfide) groups is 1. The lowest BCUT2D eigenvalue weighted by Gasteiger charge is -2.06. The van der Waals surface area contributed by atoms with Crippen molar-refractivity contribution in [1.82, 2.24) is 0 Å². The number of halogens is 1. The van der Waals surface area contributed by atoms with Gasteiger partial charge in [0.05, 0.1) is 12.0 Å². The molecule has 0 aliphatic rings. The van der Waals surface area contributed by atoms with Crippen LogP contribution in [-0.2, 0) is 0 Å². The van der Waals surface area contributed by atoms with Crippen LogP contribution >= 0.6 is 23.4 Å². The second-order valence-electron chi connectivity index (χ2n) is 2.11. The number of hydrogen-bond donors (Lipinski definition) is 1. The van der Waals surface area contributed by atoms with Crippen molar-refractivity contribution in [3.63, 3.8) is 0 Å². The standard InChI is InChI=1S/C8H10ClNOS/c1-11-7-3-2-6(9)4-8(7)12-5-10/h2-4H,5,10H2,1H3. The molecule has 0 unspecified atom stereocenters. The zero-order valence-electron chi connectivity index (χ0n) is 6.71. The molecule has 0 aromatic heterocycles. The molecule has 1 aromatic carbocycles. The predicted octanol–water partition coefficient (Wildman–Crippen LogP) is 2.36. The lowest BCUT2D eigenvalue weighted by molar-refractivity contribution is 0.405. The third-order valence-electron chi connectivity index (χ3n) is 1.36. The SMILES string of the molecule is COc1ccc(Cl)cc1SCN. The summed E-state index contributed by atoms with van der Waals surface area (Å²) >= 11 is 7.31. The maximum absolute atomic E-state index is 5.80. The van der Waals surface area contributed by atoms with E-state index in [9.17, 15) is 0 Å². The van der Waals surface area contributed by atoms with Gasteiger partial charge in [0, 0.05) is 10.9 Å². The Morgan fingerprint density at radius 2 is 2.33 bits per heavy atom. The van der Waals surface area contributed by atoms with E-state index in [2.05, 4.69) is 0 Å². The molecule has 0 saturated heterocycles. The van der Waals surface area contributed by atoms with Crippen LogP contribution in [0.5, 0.6) is 5.75 Å². The average molecular weight is 204 g/mol. The van der Waals surface area contributed by atoms with Crippen molar-refractivity contribution in [1.29, 1.82) is 0 Å². The van der Waals surface area contributed by atoms with Gasteiger partial charge >= 0.3 is 0 Å². The van der Waals surface area contributed by atoms with E-state index >= 15 is 0 Å². The van der Waals surface area contributed by atoms with Crippen LogP contribution in [0, 0.1) is 0 Å². The van der Waals surface area contributed by atoms with Crippen molar-refractivity contribution < 1.29 is 4.74 Å². The quantitative estimate of drug-likeness (QED) is 0.605. The molecule has 0 heterocycles. The number of ether oxygens (including phenoxy) is 1. The first-order valence-corrected chi connectivity index (χ1v) is 4.80. The van der Waals surface area contributed by atoms with Gasteiger partial charge < -0.3 is 10.5 Å². The predicted molar refractivity (Wildman–Crippen MR) is 52.9 cm³/mol. The molecule has 66 valence electrons. The molecule has 0 fully saturated rings. The highest BCUT2D eigenvalue weighted by molar-refractivity contribution is 7.99. The average Bonchev–Trinajstić information content (AvgIpc) is 2.05. The van der Waals surface area contributed by atoms with E-state index in [0.29, 0.717) is 10.9 Å². The first kappa shape index (κ1) is 9.71. The molecule has 1 aromatic rings.